The van der Waals surface area contributed by atoms with Gasteiger partial charge in [0.2, 0.25) is 5.91 Å². The summed E-state index contributed by atoms with van der Waals surface area (Å²) in [5.41, 5.74) is 0.810. The monoisotopic (exact) mass is 284 g/mol. The molecule has 0 spiro atoms. The first kappa shape index (κ1) is 13.2. The van der Waals surface area contributed by atoms with E-state index in [9.17, 15) is 4.79 Å². The number of para-hydroxylation sites is 1. The lowest BCUT2D eigenvalue weighted by Crippen LogP contribution is -2.34. The van der Waals surface area contributed by atoms with Crippen molar-refractivity contribution < 1.29 is 4.79 Å². The fourth-order valence-electron chi connectivity index (χ4n) is 1.16. The number of hydrogen-bond acceptors (Lipinski definition) is 2. The SMILES string of the molecule is CC(C)N(C)CC(=O)Nc1ccccc1Br. The molecule has 1 N–H and O–H groups in total. The van der Waals surface area contributed by atoms with Gasteiger partial charge in [-0.25, -0.2) is 0 Å². The molecule has 1 aromatic rings. The molecule has 0 unspecified atom stereocenters. The number of hydrogen-bond donors (Lipinski definition) is 1. The number of anilines is 1. The molecule has 0 aliphatic carbocycles. The number of halogens is 1. The van der Waals surface area contributed by atoms with Crippen molar-refractivity contribution in [3.05, 3.63) is 28.7 Å². The Bertz CT molecular complexity index is 366. The number of nitrogens with zero attached hydrogens (tertiary/aromatic N) is 1. The van der Waals surface area contributed by atoms with Gasteiger partial charge in [0.15, 0.2) is 0 Å². The summed E-state index contributed by atoms with van der Waals surface area (Å²) in [5.74, 6) is 0.00287. The summed E-state index contributed by atoms with van der Waals surface area (Å²) in [7, 11) is 1.93. The maximum atomic E-state index is 11.7. The molecule has 0 saturated heterocycles. The zero-order chi connectivity index (χ0) is 12.1. The van der Waals surface area contributed by atoms with E-state index in [1.54, 1.807) is 0 Å². The molecule has 1 amide bonds. The van der Waals surface area contributed by atoms with Crippen molar-refractivity contribution >= 4 is 27.5 Å². The number of likely N-dealkylation sites (N-methyl/N-ethyl adjacent to an activating group) is 1. The molecule has 0 aliphatic heterocycles. The largest absolute Gasteiger partial charge is 0.324 e. The Morgan fingerprint density at radius 1 is 1.44 bits per heavy atom. The van der Waals surface area contributed by atoms with Crippen molar-refractivity contribution in [1.29, 1.82) is 0 Å². The van der Waals surface area contributed by atoms with E-state index in [1.807, 2.05) is 36.2 Å². The topological polar surface area (TPSA) is 32.3 Å². The fraction of sp³-hybridized carbons (Fsp3) is 0.417. The van der Waals surface area contributed by atoms with E-state index in [0.29, 0.717) is 12.6 Å². The number of carbonyl (C=O) groups excluding carboxylic acids is 1. The molecule has 0 heterocycles. The normalized spacial score (nSPS) is 10.9. The lowest BCUT2D eigenvalue weighted by molar-refractivity contribution is -0.117. The Morgan fingerprint density at radius 3 is 2.62 bits per heavy atom. The second kappa shape index (κ2) is 6.01. The predicted molar refractivity (Wildman–Crippen MR) is 70.5 cm³/mol. The molecule has 4 heteroatoms. The van der Waals surface area contributed by atoms with Crippen molar-refractivity contribution in [2.24, 2.45) is 0 Å². The van der Waals surface area contributed by atoms with Crippen LogP contribution in [-0.4, -0.2) is 30.4 Å². The van der Waals surface area contributed by atoms with E-state index in [4.69, 9.17) is 0 Å². The molecule has 1 rings (SSSR count). The lowest BCUT2D eigenvalue weighted by Gasteiger charge is -2.20. The number of amides is 1. The molecule has 0 fully saturated rings. The third-order valence-electron chi connectivity index (χ3n) is 2.42. The summed E-state index contributed by atoms with van der Waals surface area (Å²) < 4.78 is 0.899. The van der Waals surface area contributed by atoms with Crippen molar-refractivity contribution in [3.8, 4) is 0 Å². The average Bonchev–Trinajstić information content (AvgIpc) is 2.21. The molecule has 0 aliphatic rings. The van der Waals surface area contributed by atoms with Gasteiger partial charge in [-0.15, -0.1) is 0 Å². The lowest BCUT2D eigenvalue weighted by atomic mass is 10.3. The van der Waals surface area contributed by atoms with Gasteiger partial charge in [-0.05, 0) is 49.0 Å². The van der Waals surface area contributed by atoms with E-state index < -0.39 is 0 Å². The molecule has 16 heavy (non-hydrogen) atoms. The number of nitrogens with one attached hydrogen (secondary N) is 1. The standard InChI is InChI=1S/C12H17BrN2O/c1-9(2)15(3)8-12(16)14-11-7-5-4-6-10(11)13/h4-7,9H,8H2,1-3H3,(H,14,16). The van der Waals surface area contributed by atoms with Gasteiger partial charge in [0.25, 0.3) is 0 Å². The van der Waals surface area contributed by atoms with E-state index >= 15 is 0 Å². The van der Waals surface area contributed by atoms with Crippen LogP contribution < -0.4 is 5.32 Å². The predicted octanol–water partition coefficient (Wildman–Crippen LogP) is 2.73. The highest BCUT2D eigenvalue weighted by molar-refractivity contribution is 9.10. The Labute approximate surface area is 105 Å². The van der Waals surface area contributed by atoms with E-state index in [1.165, 1.54) is 0 Å². The maximum absolute atomic E-state index is 11.7. The molecule has 88 valence electrons. The quantitative estimate of drug-likeness (QED) is 0.922. The summed E-state index contributed by atoms with van der Waals surface area (Å²) in [5, 5.41) is 2.87. The molecule has 0 bridgehead atoms. The molecule has 0 saturated carbocycles. The highest BCUT2D eigenvalue weighted by atomic mass is 79.9. The molecule has 3 nitrogen and oxygen atoms in total. The summed E-state index contributed by atoms with van der Waals surface area (Å²) in [6, 6.07) is 7.95. The molecule has 0 radical (unpaired) electrons. The minimum Gasteiger partial charge on any atom is -0.324 e. The number of rotatable bonds is 4. The second-order valence-corrected chi connectivity index (χ2v) is 4.89. The van der Waals surface area contributed by atoms with Crippen LogP contribution >= 0.6 is 15.9 Å². The van der Waals surface area contributed by atoms with Crippen molar-refractivity contribution in [1.82, 2.24) is 4.90 Å². The van der Waals surface area contributed by atoms with Gasteiger partial charge in [-0.1, -0.05) is 12.1 Å². The van der Waals surface area contributed by atoms with Crippen molar-refractivity contribution in [2.75, 3.05) is 18.9 Å². The van der Waals surface area contributed by atoms with Crippen LogP contribution in [0.25, 0.3) is 0 Å². The summed E-state index contributed by atoms with van der Waals surface area (Å²) >= 11 is 3.39. The van der Waals surface area contributed by atoms with Gasteiger partial charge in [0.05, 0.1) is 12.2 Å². The van der Waals surface area contributed by atoms with E-state index in [0.717, 1.165) is 10.2 Å². The van der Waals surface area contributed by atoms with Crippen LogP contribution in [0.5, 0.6) is 0 Å². The molecular formula is C12H17BrN2O. The Hall–Kier alpha value is -0.870. The van der Waals surface area contributed by atoms with Gasteiger partial charge in [-0.3, -0.25) is 9.69 Å². The van der Waals surface area contributed by atoms with Gasteiger partial charge >= 0.3 is 0 Å². The highest BCUT2D eigenvalue weighted by Gasteiger charge is 2.10. The Balaban J connectivity index is 2.55. The first-order valence-corrected chi connectivity index (χ1v) is 6.04. The summed E-state index contributed by atoms with van der Waals surface area (Å²) in [6.07, 6.45) is 0. The van der Waals surface area contributed by atoms with E-state index in [-0.39, 0.29) is 5.91 Å². The third-order valence-corrected chi connectivity index (χ3v) is 3.11. The maximum Gasteiger partial charge on any atom is 0.238 e. The van der Waals surface area contributed by atoms with Crippen LogP contribution in [0.3, 0.4) is 0 Å². The minimum absolute atomic E-state index is 0.00287. The van der Waals surface area contributed by atoms with Gasteiger partial charge in [0, 0.05) is 10.5 Å². The molecular weight excluding hydrogens is 268 g/mol. The zero-order valence-electron chi connectivity index (χ0n) is 9.83. The van der Waals surface area contributed by atoms with Crippen LogP contribution in [0.4, 0.5) is 5.69 Å². The summed E-state index contributed by atoms with van der Waals surface area (Å²) in [4.78, 5) is 13.7. The second-order valence-electron chi connectivity index (χ2n) is 4.04. The number of benzene rings is 1. The van der Waals surface area contributed by atoms with Crippen LogP contribution in [0.1, 0.15) is 13.8 Å². The van der Waals surface area contributed by atoms with Crippen LogP contribution in [0, 0.1) is 0 Å². The van der Waals surface area contributed by atoms with Crippen LogP contribution in [0.15, 0.2) is 28.7 Å². The third kappa shape index (κ3) is 3.94. The highest BCUT2D eigenvalue weighted by Crippen LogP contribution is 2.20. The smallest absolute Gasteiger partial charge is 0.238 e. The fourth-order valence-corrected chi connectivity index (χ4v) is 1.55. The Kier molecular flexibility index (Phi) is 4.96. The average molecular weight is 285 g/mol. The van der Waals surface area contributed by atoms with Gasteiger partial charge in [0.1, 0.15) is 0 Å². The minimum atomic E-state index is 0.00287. The van der Waals surface area contributed by atoms with Gasteiger partial charge in [-0.2, -0.15) is 0 Å². The Morgan fingerprint density at radius 2 is 2.06 bits per heavy atom. The van der Waals surface area contributed by atoms with Crippen LogP contribution in [0.2, 0.25) is 0 Å². The zero-order valence-corrected chi connectivity index (χ0v) is 11.4. The van der Waals surface area contributed by atoms with Crippen molar-refractivity contribution in [3.63, 3.8) is 0 Å². The first-order valence-electron chi connectivity index (χ1n) is 5.25. The van der Waals surface area contributed by atoms with Gasteiger partial charge < -0.3 is 5.32 Å². The molecule has 0 aromatic heterocycles. The summed E-state index contributed by atoms with van der Waals surface area (Å²) in [6.45, 7) is 4.52. The molecule has 0 atom stereocenters. The molecule has 1 aromatic carbocycles. The van der Waals surface area contributed by atoms with Crippen molar-refractivity contribution in [2.45, 2.75) is 19.9 Å². The van der Waals surface area contributed by atoms with E-state index in [2.05, 4.69) is 35.1 Å². The number of carbonyl (C=O) groups is 1. The van der Waals surface area contributed by atoms with Crippen LogP contribution in [-0.2, 0) is 4.79 Å². The first-order chi connectivity index (χ1) is 7.50.